The number of rotatable bonds is 6. The Morgan fingerprint density at radius 1 is 0.915 bits per heavy atom. The van der Waals surface area contributed by atoms with Gasteiger partial charge in [0.25, 0.3) is 0 Å². The van der Waals surface area contributed by atoms with E-state index < -0.39 is 56.8 Å². The number of phenolic OH excluding ortho intramolecular Hbond substituents is 1. The van der Waals surface area contributed by atoms with Crippen LogP contribution in [0.5, 0.6) is 5.75 Å². The van der Waals surface area contributed by atoms with Crippen LogP contribution in [0.1, 0.15) is 82.8 Å². The van der Waals surface area contributed by atoms with Gasteiger partial charge in [-0.15, -0.1) is 0 Å². The molecule has 0 amide bonds. The fraction of sp³-hybridized carbons (Fsp3) is 0.425. The van der Waals surface area contributed by atoms with Gasteiger partial charge in [0.15, 0.2) is 17.2 Å². The Kier molecular flexibility index (Phi) is 7.59. The summed E-state index contributed by atoms with van der Waals surface area (Å²) in [5, 5.41) is 49.0. The summed E-state index contributed by atoms with van der Waals surface area (Å²) in [7, 11) is 0. The highest BCUT2D eigenvalue weighted by molar-refractivity contribution is 6.25. The number of allylic oxidation sites excluding steroid dienone is 2. The number of phenols is 1. The first-order chi connectivity index (χ1) is 22.0. The largest absolute Gasteiger partial charge is 0.511 e. The lowest BCUT2D eigenvalue weighted by Gasteiger charge is -2.59. The van der Waals surface area contributed by atoms with E-state index in [1.807, 2.05) is 39.0 Å². The van der Waals surface area contributed by atoms with E-state index in [-0.39, 0.29) is 35.6 Å². The lowest BCUT2D eigenvalue weighted by molar-refractivity contribution is -0.171. The van der Waals surface area contributed by atoms with E-state index >= 15 is 0 Å². The van der Waals surface area contributed by atoms with Crippen molar-refractivity contribution in [3.8, 4) is 16.9 Å². The average Bonchev–Trinajstić information content (AvgIpc) is 2.97. The molecule has 47 heavy (non-hydrogen) atoms. The number of ketones is 3. The van der Waals surface area contributed by atoms with Crippen molar-refractivity contribution in [2.45, 2.75) is 79.8 Å². The summed E-state index contributed by atoms with van der Waals surface area (Å²) < 4.78 is 0. The summed E-state index contributed by atoms with van der Waals surface area (Å²) >= 11 is 0. The Hall–Kier alpha value is -4.23. The predicted molar refractivity (Wildman–Crippen MR) is 181 cm³/mol. The molecule has 0 radical (unpaired) electrons. The number of aromatic hydroxyl groups is 1. The predicted octanol–water partition coefficient (Wildman–Crippen LogP) is 7.76. The fourth-order valence-corrected chi connectivity index (χ4v) is 9.24. The first-order valence-electron chi connectivity index (χ1n) is 16.6. The van der Waals surface area contributed by atoms with Crippen molar-refractivity contribution >= 4 is 28.1 Å². The molecule has 3 aliphatic carbocycles. The highest BCUT2D eigenvalue weighted by atomic mass is 16.3. The molecule has 7 heteroatoms. The minimum absolute atomic E-state index is 0.0237. The van der Waals surface area contributed by atoms with Gasteiger partial charge in [0.05, 0.1) is 5.56 Å². The van der Waals surface area contributed by atoms with E-state index in [0.29, 0.717) is 11.5 Å². The molecule has 4 N–H and O–H groups in total. The molecular formula is C40H44O7. The molecule has 0 aliphatic heterocycles. The number of aliphatic hydroxyl groups excluding tert-OH is 2. The Balaban J connectivity index is 1.59. The maximum Gasteiger partial charge on any atom is 0.209 e. The minimum atomic E-state index is -2.63. The number of hydrogen-bond acceptors (Lipinski definition) is 7. The molecule has 0 spiro atoms. The van der Waals surface area contributed by atoms with E-state index in [1.54, 1.807) is 6.92 Å². The second kappa shape index (κ2) is 10.9. The molecule has 0 saturated heterocycles. The van der Waals surface area contributed by atoms with Crippen LogP contribution in [0.3, 0.4) is 0 Å². The Morgan fingerprint density at radius 3 is 2.17 bits per heavy atom. The molecule has 1 unspecified atom stereocenters. The number of aryl methyl sites for hydroxylation is 1. The number of benzene rings is 3. The van der Waals surface area contributed by atoms with Crippen molar-refractivity contribution < 1.29 is 34.8 Å². The van der Waals surface area contributed by atoms with E-state index in [9.17, 15) is 34.8 Å². The molecular weight excluding hydrogens is 592 g/mol. The number of aliphatic hydroxyl groups is 3. The molecule has 0 aromatic heterocycles. The zero-order valence-corrected chi connectivity index (χ0v) is 28.2. The average molecular weight is 637 g/mol. The standard InChI is InChI=1S/C40H44O7/c1-20(2)12-13-23-14-15-26(25-11-9-8-10-24(23)25)27-16-17-29(42)31-28(27)18-38(6)19-39(7)32(21(3)4)34(43)30(22(5)41)36(45)40(39,47)37(46)33(38)35(31)44/h8-11,14-17,20-21,32,42-43,46-47H,12-13,18-19H2,1-7H3/t32?,38-,39-,40+/m1/s1. The van der Waals surface area contributed by atoms with Gasteiger partial charge < -0.3 is 20.4 Å². The molecule has 6 rings (SSSR count). The summed E-state index contributed by atoms with van der Waals surface area (Å²) in [6.07, 6.45) is 2.25. The van der Waals surface area contributed by atoms with Crippen LogP contribution in [-0.4, -0.2) is 43.4 Å². The number of carbonyl (C=O) groups is 3. The van der Waals surface area contributed by atoms with Crippen LogP contribution in [-0.2, 0) is 22.4 Å². The van der Waals surface area contributed by atoms with Crippen molar-refractivity contribution in [1.82, 2.24) is 0 Å². The van der Waals surface area contributed by atoms with Crippen molar-refractivity contribution in [2.24, 2.45) is 28.6 Å². The van der Waals surface area contributed by atoms with Crippen molar-refractivity contribution in [1.29, 1.82) is 0 Å². The molecule has 7 nitrogen and oxygen atoms in total. The lowest BCUT2D eigenvalue weighted by atomic mass is 9.44. The Bertz CT molecular complexity index is 1950. The number of hydrogen-bond donors (Lipinski definition) is 4. The summed E-state index contributed by atoms with van der Waals surface area (Å²) in [5.74, 6) is -4.63. The maximum atomic E-state index is 14.5. The normalized spacial score (nSPS) is 27.4. The summed E-state index contributed by atoms with van der Waals surface area (Å²) in [6.45, 7) is 12.7. The zero-order chi connectivity index (χ0) is 34.4. The second-order valence-corrected chi connectivity index (χ2v) is 15.2. The van der Waals surface area contributed by atoms with Gasteiger partial charge in [-0.2, -0.15) is 0 Å². The van der Waals surface area contributed by atoms with Gasteiger partial charge in [0, 0.05) is 22.3 Å². The first kappa shape index (κ1) is 32.7. The van der Waals surface area contributed by atoms with Gasteiger partial charge in [-0.3, -0.25) is 14.4 Å². The van der Waals surface area contributed by atoms with Gasteiger partial charge in [-0.1, -0.05) is 84.0 Å². The molecule has 246 valence electrons. The third-order valence-electron chi connectivity index (χ3n) is 11.2. The van der Waals surface area contributed by atoms with Crippen LogP contribution in [0, 0.1) is 28.6 Å². The van der Waals surface area contributed by atoms with Gasteiger partial charge in [-0.05, 0) is 83.5 Å². The van der Waals surface area contributed by atoms with Crippen molar-refractivity contribution in [3.63, 3.8) is 0 Å². The fourth-order valence-electron chi connectivity index (χ4n) is 9.24. The molecule has 3 aromatic carbocycles. The monoisotopic (exact) mass is 636 g/mol. The quantitative estimate of drug-likeness (QED) is 0.203. The Morgan fingerprint density at radius 2 is 1.55 bits per heavy atom. The summed E-state index contributed by atoms with van der Waals surface area (Å²) in [4.78, 5) is 41.1. The smallest absolute Gasteiger partial charge is 0.209 e. The van der Waals surface area contributed by atoms with Crippen molar-refractivity contribution in [2.75, 3.05) is 0 Å². The number of Topliss-reactive ketones (excluding diaryl/α,β-unsaturated/α-hetero) is 3. The van der Waals surface area contributed by atoms with E-state index in [2.05, 4.69) is 38.1 Å². The van der Waals surface area contributed by atoms with Crippen LogP contribution in [0.2, 0.25) is 0 Å². The van der Waals surface area contributed by atoms with E-state index in [4.69, 9.17) is 0 Å². The second-order valence-electron chi connectivity index (χ2n) is 15.2. The Labute approximate surface area is 275 Å². The number of fused-ring (bicyclic) bond motifs is 4. The maximum absolute atomic E-state index is 14.5. The van der Waals surface area contributed by atoms with Gasteiger partial charge in [0.1, 0.15) is 22.8 Å². The molecule has 3 aliphatic rings. The van der Waals surface area contributed by atoms with E-state index in [0.717, 1.165) is 41.7 Å². The molecule has 0 saturated carbocycles. The topological polar surface area (TPSA) is 132 Å². The highest BCUT2D eigenvalue weighted by Gasteiger charge is 2.71. The molecule has 0 fully saturated rings. The zero-order valence-electron chi connectivity index (χ0n) is 28.2. The highest BCUT2D eigenvalue weighted by Crippen LogP contribution is 2.65. The molecule has 0 heterocycles. The van der Waals surface area contributed by atoms with Crippen LogP contribution in [0.25, 0.3) is 21.9 Å². The van der Waals surface area contributed by atoms with Gasteiger partial charge in [-0.25, -0.2) is 0 Å². The first-order valence-corrected chi connectivity index (χ1v) is 16.6. The van der Waals surface area contributed by atoms with Crippen LogP contribution < -0.4 is 0 Å². The number of carbonyl (C=O) groups excluding carboxylic acids is 3. The van der Waals surface area contributed by atoms with Crippen LogP contribution >= 0.6 is 0 Å². The SMILES string of the molecule is CC(=O)C1=C(O)C(C(C)C)[C@@]2(C)C[C@@]3(C)Cc4c(-c5ccc(CCC(C)C)c6ccccc56)ccc(O)c4C(=O)C3=C(O)[C@@]2(O)C1=O. The summed E-state index contributed by atoms with van der Waals surface area (Å²) in [5.41, 5.74) is -2.32. The molecule has 0 bridgehead atoms. The third kappa shape index (κ3) is 4.46. The molecule has 4 atom stereocenters. The lowest BCUT2D eigenvalue weighted by Crippen LogP contribution is -2.67. The minimum Gasteiger partial charge on any atom is -0.511 e. The van der Waals surface area contributed by atoms with Crippen LogP contribution in [0.15, 0.2) is 71.2 Å². The third-order valence-corrected chi connectivity index (χ3v) is 11.2. The van der Waals surface area contributed by atoms with Gasteiger partial charge in [0.2, 0.25) is 5.78 Å². The van der Waals surface area contributed by atoms with Crippen molar-refractivity contribution in [3.05, 3.63) is 87.9 Å². The molecule has 3 aromatic rings. The van der Waals surface area contributed by atoms with Crippen LogP contribution in [0.4, 0.5) is 0 Å². The van der Waals surface area contributed by atoms with Gasteiger partial charge >= 0.3 is 0 Å². The summed E-state index contributed by atoms with van der Waals surface area (Å²) in [6, 6.07) is 15.7. The van der Waals surface area contributed by atoms with E-state index in [1.165, 1.54) is 11.6 Å².